The zero-order valence-corrected chi connectivity index (χ0v) is 17.2. The summed E-state index contributed by atoms with van der Waals surface area (Å²) in [6, 6.07) is 9.67. The maximum absolute atomic E-state index is 13.6. The molecule has 2 N–H and O–H groups in total. The monoisotopic (exact) mass is 418 g/mol. The van der Waals surface area contributed by atoms with Crippen molar-refractivity contribution in [1.29, 1.82) is 0 Å². The molecule has 30 heavy (non-hydrogen) atoms. The van der Waals surface area contributed by atoms with E-state index in [1.54, 1.807) is 12.1 Å². The third-order valence-corrected chi connectivity index (χ3v) is 4.27. The predicted molar refractivity (Wildman–Crippen MR) is 108 cm³/mol. The van der Waals surface area contributed by atoms with E-state index in [0.717, 1.165) is 17.7 Å². The Morgan fingerprint density at radius 3 is 2.23 bits per heavy atom. The van der Waals surface area contributed by atoms with Crippen molar-refractivity contribution in [2.75, 3.05) is 11.9 Å². The molecule has 2 aromatic carbocycles. The van der Waals surface area contributed by atoms with Gasteiger partial charge in [0.1, 0.15) is 18.2 Å². The Balaban J connectivity index is 1.84. The van der Waals surface area contributed by atoms with E-state index in [-0.39, 0.29) is 11.1 Å². The van der Waals surface area contributed by atoms with Crippen LogP contribution in [0.5, 0.6) is 0 Å². The van der Waals surface area contributed by atoms with E-state index in [0.29, 0.717) is 11.6 Å². The molecule has 0 heterocycles. The fourth-order valence-electron chi connectivity index (χ4n) is 2.49. The number of halogens is 2. The molecule has 0 spiro atoms. The van der Waals surface area contributed by atoms with Gasteiger partial charge in [-0.1, -0.05) is 32.9 Å². The largest absolute Gasteiger partial charge is 0.451 e. The van der Waals surface area contributed by atoms with E-state index >= 15 is 0 Å². The maximum atomic E-state index is 13.6. The molecule has 160 valence electrons. The average Bonchev–Trinajstić information content (AvgIpc) is 2.67. The molecule has 6 nitrogen and oxygen atoms in total. The summed E-state index contributed by atoms with van der Waals surface area (Å²) in [6.07, 6.45) is -1.25. The molecule has 0 aromatic heterocycles. The van der Waals surface area contributed by atoms with Crippen LogP contribution in [0.15, 0.2) is 42.5 Å². The number of carbonyl (C=O) groups excluding carboxylic acids is 3. The van der Waals surface area contributed by atoms with Gasteiger partial charge in [-0.25, -0.2) is 8.78 Å². The Labute approximate surface area is 173 Å². The Morgan fingerprint density at radius 2 is 1.67 bits per heavy atom. The minimum atomic E-state index is -1.25. The van der Waals surface area contributed by atoms with Gasteiger partial charge in [-0.2, -0.15) is 0 Å². The number of ether oxygens (including phenoxy) is 1. The van der Waals surface area contributed by atoms with Gasteiger partial charge in [-0.05, 0) is 42.2 Å². The van der Waals surface area contributed by atoms with E-state index in [1.807, 2.05) is 12.1 Å². The standard InChI is InChI=1S/C22H24F2N2O4/c1-13(20(28)26-18-10-9-16(23)11-17(18)24)30-19(27)12-25-21(29)14-5-7-15(8-6-14)22(2,3)4/h5-11,13H,12H2,1-4H3,(H,25,29)(H,26,28). The van der Waals surface area contributed by atoms with E-state index < -0.39 is 42.1 Å². The number of nitrogens with one attached hydrogen (secondary N) is 2. The Hall–Kier alpha value is -3.29. The lowest BCUT2D eigenvalue weighted by Gasteiger charge is -2.19. The number of esters is 1. The van der Waals surface area contributed by atoms with Gasteiger partial charge in [0.05, 0.1) is 5.69 Å². The zero-order valence-electron chi connectivity index (χ0n) is 17.2. The van der Waals surface area contributed by atoms with E-state index in [2.05, 4.69) is 31.4 Å². The van der Waals surface area contributed by atoms with Gasteiger partial charge in [0.15, 0.2) is 6.10 Å². The first kappa shape index (κ1) is 23.0. The Morgan fingerprint density at radius 1 is 1.03 bits per heavy atom. The van der Waals surface area contributed by atoms with Crippen LogP contribution in [0.25, 0.3) is 0 Å². The predicted octanol–water partition coefficient (Wildman–Crippen LogP) is 3.56. The highest BCUT2D eigenvalue weighted by Gasteiger charge is 2.20. The van der Waals surface area contributed by atoms with Crippen molar-refractivity contribution in [2.24, 2.45) is 0 Å². The van der Waals surface area contributed by atoms with Crippen LogP contribution < -0.4 is 10.6 Å². The van der Waals surface area contributed by atoms with Crippen LogP contribution in [0.2, 0.25) is 0 Å². The van der Waals surface area contributed by atoms with E-state index in [9.17, 15) is 23.2 Å². The molecular weight excluding hydrogens is 394 g/mol. The van der Waals surface area contributed by atoms with Gasteiger partial charge in [-0.3, -0.25) is 14.4 Å². The first-order chi connectivity index (χ1) is 14.0. The lowest BCUT2D eigenvalue weighted by Crippen LogP contribution is -2.36. The smallest absolute Gasteiger partial charge is 0.326 e. The van der Waals surface area contributed by atoms with Gasteiger partial charge < -0.3 is 15.4 Å². The number of carbonyl (C=O) groups is 3. The van der Waals surface area contributed by atoms with Crippen molar-refractivity contribution >= 4 is 23.5 Å². The number of benzene rings is 2. The minimum Gasteiger partial charge on any atom is -0.451 e. The lowest BCUT2D eigenvalue weighted by molar-refractivity contribution is -0.152. The SMILES string of the molecule is CC(OC(=O)CNC(=O)c1ccc(C(C)(C)C)cc1)C(=O)Nc1ccc(F)cc1F. The molecular formula is C22H24F2N2O4. The highest BCUT2D eigenvalue weighted by Crippen LogP contribution is 2.22. The highest BCUT2D eigenvalue weighted by atomic mass is 19.1. The number of rotatable bonds is 6. The van der Waals surface area contributed by atoms with Gasteiger partial charge in [0.25, 0.3) is 11.8 Å². The first-order valence-electron chi connectivity index (χ1n) is 9.31. The molecule has 0 aliphatic rings. The molecule has 2 amide bonds. The third-order valence-electron chi connectivity index (χ3n) is 4.27. The molecule has 0 saturated carbocycles. The first-order valence-corrected chi connectivity index (χ1v) is 9.31. The Bertz CT molecular complexity index is 937. The second-order valence-corrected chi connectivity index (χ2v) is 7.76. The fraction of sp³-hybridized carbons (Fsp3) is 0.318. The molecule has 0 bridgehead atoms. The summed E-state index contributed by atoms with van der Waals surface area (Å²) in [5.74, 6) is -3.83. The van der Waals surface area contributed by atoms with Crippen molar-refractivity contribution in [3.05, 3.63) is 65.2 Å². The number of amides is 2. The summed E-state index contributed by atoms with van der Waals surface area (Å²) < 4.78 is 31.4. The molecule has 0 aliphatic carbocycles. The molecule has 2 rings (SSSR count). The van der Waals surface area contributed by atoms with Gasteiger partial charge >= 0.3 is 5.97 Å². The van der Waals surface area contributed by atoms with Crippen molar-refractivity contribution in [1.82, 2.24) is 5.32 Å². The molecule has 8 heteroatoms. The van der Waals surface area contributed by atoms with Crippen LogP contribution in [0, 0.1) is 11.6 Å². The second kappa shape index (κ2) is 9.47. The van der Waals surface area contributed by atoms with Crippen LogP contribution >= 0.6 is 0 Å². The van der Waals surface area contributed by atoms with Crippen molar-refractivity contribution in [3.63, 3.8) is 0 Å². The average molecular weight is 418 g/mol. The summed E-state index contributed by atoms with van der Waals surface area (Å²) in [5.41, 5.74) is 1.16. The van der Waals surface area contributed by atoms with E-state index in [4.69, 9.17) is 4.74 Å². The number of anilines is 1. The van der Waals surface area contributed by atoms with Crippen molar-refractivity contribution < 1.29 is 27.9 Å². The lowest BCUT2D eigenvalue weighted by atomic mass is 9.87. The van der Waals surface area contributed by atoms with Gasteiger partial charge in [-0.15, -0.1) is 0 Å². The minimum absolute atomic E-state index is 0.0493. The van der Waals surface area contributed by atoms with Crippen molar-refractivity contribution in [2.45, 2.75) is 39.2 Å². The normalized spacial score (nSPS) is 12.1. The summed E-state index contributed by atoms with van der Waals surface area (Å²) >= 11 is 0. The summed E-state index contributed by atoms with van der Waals surface area (Å²) in [6.45, 7) is 7.02. The fourth-order valence-corrected chi connectivity index (χ4v) is 2.49. The molecule has 2 aromatic rings. The summed E-state index contributed by atoms with van der Waals surface area (Å²) in [7, 11) is 0. The summed E-state index contributed by atoms with van der Waals surface area (Å²) in [4.78, 5) is 36.1. The highest BCUT2D eigenvalue weighted by molar-refractivity contribution is 5.97. The van der Waals surface area contributed by atoms with Gasteiger partial charge in [0.2, 0.25) is 0 Å². The maximum Gasteiger partial charge on any atom is 0.326 e. The number of hydrogen-bond donors (Lipinski definition) is 2. The second-order valence-electron chi connectivity index (χ2n) is 7.76. The van der Waals surface area contributed by atoms with Crippen LogP contribution in [-0.2, 0) is 19.7 Å². The molecule has 0 radical (unpaired) electrons. The van der Waals surface area contributed by atoms with Crippen LogP contribution in [-0.4, -0.2) is 30.4 Å². The Kier molecular flexibility index (Phi) is 7.26. The quantitative estimate of drug-likeness (QED) is 0.703. The molecule has 1 unspecified atom stereocenters. The van der Waals surface area contributed by atoms with Crippen molar-refractivity contribution in [3.8, 4) is 0 Å². The molecule has 1 atom stereocenters. The molecule has 0 saturated heterocycles. The zero-order chi connectivity index (χ0) is 22.5. The topological polar surface area (TPSA) is 84.5 Å². The van der Waals surface area contributed by atoms with Crippen LogP contribution in [0.4, 0.5) is 14.5 Å². The van der Waals surface area contributed by atoms with Crippen LogP contribution in [0.3, 0.4) is 0 Å². The third kappa shape index (κ3) is 6.37. The van der Waals surface area contributed by atoms with E-state index in [1.165, 1.54) is 6.92 Å². The van der Waals surface area contributed by atoms with Gasteiger partial charge in [0, 0.05) is 11.6 Å². The summed E-state index contributed by atoms with van der Waals surface area (Å²) in [5, 5.41) is 4.62. The number of hydrogen-bond acceptors (Lipinski definition) is 4. The molecule has 0 aliphatic heterocycles. The molecule has 0 fully saturated rings. The van der Waals surface area contributed by atoms with Crippen LogP contribution in [0.1, 0.15) is 43.6 Å².